The van der Waals surface area contributed by atoms with Gasteiger partial charge in [-0.25, -0.2) is 0 Å². The van der Waals surface area contributed by atoms with E-state index >= 15 is 0 Å². The minimum Gasteiger partial charge on any atom is -0.339 e. The molecular formula is C18H26ClN3O2. The Morgan fingerprint density at radius 1 is 1.08 bits per heavy atom. The van der Waals surface area contributed by atoms with Gasteiger partial charge in [-0.1, -0.05) is 12.5 Å². The van der Waals surface area contributed by atoms with Crippen molar-refractivity contribution in [1.82, 2.24) is 10.2 Å². The molecule has 5 nitrogen and oxygen atoms in total. The van der Waals surface area contributed by atoms with Gasteiger partial charge >= 0.3 is 0 Å². The molecule has 1 atom stereocenters. The van der Waals surface area contributed by atoms with Crippen LogP contribution in [0, 0.1) is 0 Å². The molecular weight excluding hydrogens is 326 g/mol. The van der Waals surface area contributed by atoms with Crippen LogP contribution < -0.4 is 10.6 Å². The Morgan fingerprint density at radius 3 is 2.58 bits per heavy atom. The first kappa shape index (κ1) is 18.7. The van der Waals surface area contributed by atoms with E-state index in [0.29, 0.717) is 11.3 Å². The third-order valence-electron chi connectivity index (χ3n) is 4.65. The van der Waals surface area contributed by atoms with Crippen molar-refractivity contribution in [2.75, 3.05) is 25.0 Å². The van der Waals surface area contributed by atoms with Gasteiger partial charge in [0.25, 0.3) is 5.91 Å². The summed E-state index contributed by atoms with van der Waals surface area (Å²) in [5.41, 5.74) is 1.35. The maximum Gasteiger partial charge on any atom is 0.253 e. The number of rotatable bonds is 3. The largest absolute Gasteiger partial charge is 0.339 e. The number of carbonyl (C=O) groups is 2. The first-order valence-electron chi connectivity index (χ1n) is 8.67. The highest BCUT2D eigenvalue weighted by atomic mass is 35.5. The number of nitrogens with one attached hydrogen (secondary N) is 2. The average molecular weight is 352 g/mol. The predicted molar refractivity (Wildman–Crippen MR) is 97.7 cm³/mol. The van der Waals surface area contributed by atoms with Crippen LogP contribution in [-0.2, 0) is 4.79 Å². The number of amides is 2. The van der Waals surface area contributed by atoms with E-state index in [1.165, 1.54) is 6.42 Å². The van der Waals surface area contributed by atoms with Gasteiger partial charge < -0.3 is 15.5 Å². The van der Waals surface area contributed by atoms with E-state index in [1.54, 1.807) is 6.07 Å². The zero-order chi connectivity index (χ0) is 16.1. The second kappa shape index (κ2) is 9.04. The summed E-state index contributed by atoms with van der Waals surface area (Å²) in [7, 11) is 0. The van der Waals surface area contributed by atoms with Gasteiger partial charge in [-0.3, -0.25) is 9.59 Å². The minimum atomic E-state index is -0.120. The van der Waals surface area contributed by atoms with Crippen LogP contribution in [0.25, 0.3) is 0 Å². The van der Waals surface area contributed by atoms with E-state index in [-0.39, 0.29) is 30.3 Å². The first-order chi connectivity index (χ1) is 11.2. The summed E-state index contributed by atoms with van der Waals surface area (Å²) in [4.78, 5) is 26.7. The fraction of sp³-hybridized carbons (Fsp3) is 0.556. The smallest absolute Gasteiger partial charge is 0.253 e. The van der Waals surface area contributed by atoms with E-state index in [0.717, 1.165) is 51.7 Å². The van der Waals surface area contributed by atoms with Crippen molar-refractivity contribution in [1.29, 1.82) is 0 Å². The van der Waals surface area contributed by atoms with Gasteiger partial charge in [-0.2, -0.15) is 0 Å². The molecule has 0 saturated carbocycles. The maximum atomic E-state index is 12.5. The number of hydrogen-bond acceptors (Lipinski definition) is 3. The van der Waals surface area contributed by atoms with Crippen molar-refractivity contribution in [2.24, 2.45) is 0 Å². The number of piperidine rings is 2. The normalized spacial score (nSPS) is 20.8. The van der Waals surface area contributed by atoms with E-state index in [4.69, 9.17) is 0 Å². The molecule has 24 heavy (non-hydrogen) atoms. The SMILES string of the molecule is Cl.O=C(Nc1cccc(C(=O)N2CCCCC2)c1)C1CCCCN1. The molecule has 2 N–H and O–H groups in total. The average Bonchev–Trinajstić information content (AvgIpc) is 2.63. The van der Waals surface area contributed by atoms with E-state index < -0.39 is 0 Å². The van der Waals surface area contributed by atoms with Gasteiger partial charge in [-0.15, -0.1) is 12.4 Å². The predicted octanol–water partition coefficient (Wildman–Crippen LogP) is 2.82. The second-order valence-corrected chi connectivity index (χ2v) is 6.43. The Balaban J connectivity index is 0.00000208. The van der Waals surface area contributed by atoms with Crippen LogP contribution in [0.4, 0.5) is 5.69 Å². The summed E-state index contributed by atoms with van der Waals surface area (Å²) in [6.45, 7) is 2.56. The standard InChI is InChI=1S/C18H25N3O2.ClH/c22-17(16-9-2-3-10-19-16)20-15-8-6-7-14(13-15)18(23)21-11-4-1-5-12-21;/h6-8,13,16,19H,1-5,9-12H2,(H,20,22);1H. The van der Waals surface area contributed by atoms with E-state index in [1.807, 2.05) is 23.1 Å². The molecule has 2 aliphatic heterocycles. The molecule has 6 heteroatoms. The number of carbonyl (C=O) groups excluding carboxylic acids is 2. The number of likely N-dealkylation sites (tertiary alicyclic amines) is 1. The van der Waals surface area contributed by atoms with Crippen molar-refractivity contribution < 1.29 is 9.59 Å². The van der Waals surface area contributed by atoms with Gasteiger partial charge in [0.15, 0.2) is 0 Å². The van der Waals surface area contributed by atoms with Crippen LogP contribution in [0.2, 0.25) is 0 Å². The lowest BCUT2D eigenvalue weighted by Crippen LogP contribution is -2.43. The fourth-order valence-corrected chi connectivity index (χ4v) is 3.31. The first-order valence-corrected chi connectivity index (χ1v) is 8.67. The molecule has 2 heterocycles. The lowest BCUT2D eigenvalue weighted by atomic mass is 10.0. The lowest BCUT2D eigenvalue weighted by Gasteiger charge is -2.27. The van der Waals surface area contributed by atoms with Crippen LogP contribution >= 0.6 is 12.4 Å². The summed E-state index contributed by atoms with van der Waals surface area (Å²) in [5, 5.41) is 6.18. The molecule has 2 aliphatic rings. The van der Waals surface area contributed by atoms with Gasteiger partial charge in [0.05, 0.1) is 6.04 Å². The highest BCUT2D eigenvalue weighted by molar-refractivity contribution is 5.98. The van der Waals surface area contributed by atoms with Gasteiger partial charge in [-0.05, 0) is 56.8 Å². The highest BCUT2D eigenvalue weighted by Crippen LogP contribution is 2.17. The third-order valence-corrected chi connectivity index (χ3v) is 4.65. The minimum absolute atomic E-state index is 0. The molecule has 2 fully saturated rings. The van der Waals surface area contributed by atoms with Crippen LogP contribution in [0.1, 0.15) is 48.9 Å². The Hall–Kier alpha value is -1.59. The second-order valence-electron chi connectivity index (χ2n) is 6.43. The summed E-state index contributed by atoms with van der Waals surface area (Å²) in [6.07, 6.45) is 6.44. The molecule has 1 unspecified atom stereocenters. The Morgan fingerprint density at radius 2 is 1.88 bits per heavy atom. The molecule has 0 radical (unpaired) electrons. The van der Waals surface area contributed by atoms with Crippen molar-refractivity contribution in [3.8, 4) is 0 Å². The van der Waals surface area contributed by atoms with Crippen molar-refractivity contribution in [3.05, 3.63) is 29.8 Å². The number of anilines is 1. The maximum absolute atomic E-state index is 12.5. The number of benzene rings is 1. The monoisotopic (exact) mass is 351 g/mol. The van der Waals surface area contributed by atoms with E-state index in [2.05, 4.69) is 10.6 Å². The highest BCUT2D eigenvalue weighted by Gasteiger charge is 2.21. The zero-order valence-electron chi connectivity index (χ0n) is 13.9. The topological polar surface area (TPSA) is 61.4 Å². The van der Waals surface area contributed by atoms with Gasteiger partial charge in [0, 0.05) is 24.3 Å². The van der Waals surface area contributed by atoms with Crippen LogP contribution in [0.5, 0.6) is 0 Å². The Kier molecular flexibility index (Phi) is 7.06. The van der Waals surface area contributed by atoms with Gasteiger partial charge in [0.1, 0.15) is 0 Å². The summed E-state index contributed by atoms with van der Waals surface area (Å²) in [5.74, 6) is 0.0591. The van der Waals surface area contributed by atoms with Crippen LogP contribution in [0.15, 0.2) is 24.3 Å². The molecule has 1 aromatic carbocycles. The molecule has 0 bridgehead atoms. The molecule has 0 aliphatic carbocycles. The van der Waals surface area contributed by atoms with Gasteiger partial charge in [0.2, 0.25) is 5.91 Å². The van der Waals surface area contributed by atoms with Crippen molar-refractivity contribution in [2.45, 2.75) is 44.6 Å². The molecule has 2 amide bonds. The molecule has 0 spiro atoms. The molecule has 1 aromatic rings. The third kappa shape index (κ3) is 4.71. The number of halogens is 1. The summed E-state index contributed by atoms with van der Waals surface area (Å²) in [6, 6.07) is 7.17. The molecule has 3 rings (SSSR count). The molecule has 132 valence electrons. The summed E-state index contributed by atoms with van der Waals surface area (Å²) < 4.78 is 0. The molecule has 2 saturated heterocycles. The zero-order valence-corrected chi connectivity index (χ0v) is 14.7. The number of nitrogens with zero attached hydrogens (tertiary/aromatic N) is 1. The van der Waals surface area contributed by atoms with Crippen molar-refractivity contribution in [3.63, 3.8) is 0 Å². The lowest BCUT2D eigenvalue weighted by molar-refractivity contribution is -0.118. The quantitative estimate of drug-likeness (QED) is 0.880. The van der Waals surface area contributed by atoms with Crippen LogP contribution in [-0.4, -0.2) is 42.4 Å². The number of hydrogen-bond donors (Lipinski definition) is 2. The summed E-state index contributed by atoms with van der Waals surface area (Å²) >= 11 is 0. The molecule has 0 aromatic heterocycles. The Bertz CT molecular complexity index is 567. The fourth-order valence-electron chi connectivity index (χ4n) is 3.31. The van der Waals surface area contributed by atoms with Crippen LogP contribution in [0.3, 0.4) is 0 Å². The Labute approximate surface area is 149 Å². The van der Waals surface area contributed by atoms with Crippen molar-refractivity contribution >= 4 is 29.9 Å². The van der Waals surface area contributed by atoms with E-state index in [9.17, 15) is 9.59 Å².